The Bertz CT molecular complexity index is 776. The van der Waals surface area contributed by atoms with Crippen molar-refractivity contribution in [1.29, 1.82) is 0 Å². The van der Waals surface area contributed by atoms with Crippen LogP contribution in [0.25, 0.3) is 0 Å². The van der Waals surface area contributed by atoms with Crippen molar-refractivity contribution >= 4 is 17.8 Å². The molecule has 1 saturated heterocycles. The van der Waals surface area contributed by atoms with Crippen molar-refractivity contribution in [3.8, 4) is 11.5 Å². The molecule has 1 unspecified atom stereocenters. The van der Waals surface area contributed by atoms with Crippen LogP contribution in [0.2, 0.25) is 0 Å². The lowest BCUT2D eigenvalue weighted by atomic mass is 9.91. The van der Waals surface area contributed by atoms with Gasteiger partial charge in [-0.15, -0.1) is 0 Å². The summed E-state index contributed by atoms with van der Waals surface area (Å²) in [5.74, 6) is 0.250. The number of benzene rings is 1. The van der Waals surface area contributed by atoms with Gasteiger partial charge < -0.3 is 20.1 Å². The second-order valence-corrected chi connectivity index (χ2v) is 7.30. The first kappa shape index (κ1) is 18.0. The maximum atomic E-state index is 12.9. The quantitative estimate of drug-likeness (QED) is 0.775. The van der Waals surface area contributed by atoms with Crippen molar-refractivity contribution in [2.75, 3.05) is 13.3 Å². The van der Waals surface area contributed by atoms with E-state index in [0.29, 0.717) is 17.1 Å². The molecule has 3 rings (SSSR count). The third-order valence-corrected chi connectivity index (χ3v) is 4.89. The van der Waals surface area contributed by atoms with Crippen LogP contribution < -0.4 is 20.1 Å². The highest BCUT2D eigenvalue weighted by Crippen LogP contribution is 2.37. The summed E-state index contributed by atoms with van der Waals surface area (Å²) in [5.41, 5.74) is -1.10. The van der Waals surface area contributed by atoms with E-state index >= 15 is 0 Å². The van der Waals surface area contributed by atoms with Gasteiger partial charge in [0, 0.05) is 5.54 Å². The monoisotopic (exact) mass is 361 g/mol. The maximum absolute atomic E-state index is 12.9. The highest BCUT2D eigenvalue weighted by molar-refractivity contribution is 6.09. The molecule has 2 aliphatic heterocycles. The molecule has 0 spiro atoms. The molecule has 140 valence electrons. The Labute approximate surface area is 151 Å². The first-order valence-electron chi connectivity index (χ1n) is 8.51. The first-order chi connectivity index (χ1) is 12.2. The number of carbonyl (C=O) groups excluding carboxylic acids is 3. The third-order valence-electron chi connectivity index (χ3n) is 4.89. The zero-order chi connectivity index (χ0) is 19.1. The van der Waals surface area contributed by atoms with Crippen molar-refractivity contribution in [1.82, 2.24) is 15.5 Å². The normalized spacial score (nSPS) is 21.8. The highest BCUT2D eigenvalue weighted by atomic mass is 16.7. The fourth-order valence-electron chi connectivity index (χ4n) is 2.89. The molecule has 26 heavy (non-hydrogen) atoms. The Morgan fingerprint density at radius 2 is 2.00 bits per heavy atom. The second-order valence-electron chi connectivity index (χ2n) is 7.30. The fraction of sp³-hybridized carbons (Fsp3) is 0.500. The van der Waals surface area contributed by atoms with Crippen LogP contribution in [-0.2, 0) is 15.1 Å². The lowest BCUT2D eigenvalue weighted by molar-refractivity contribution is -0.135. The lowest BCUT2D eigenvalue weighted by Gasteiger charge is -2.26. The van der Waals surface area contributed by atoms with Crippen LogP contribution in [0.5, 0.6) is 11.5 Å². The topological polar surface area (TPSA) is 97.0 Å². The summed E-state index contributed by atoms with van der Waals surface area (Å²) in [6, 6.07) is 4.47. The molecule has 1 aromatic carbocycles. The fourth-order valence-corrected chi connectivity index (χ4v) is 2.89. The third kappa shape index (κ3) is 3.07. The van der Waals surface area contributed by atoms with Crippen LogP contribution >= 0.6 is 0 Å². The molecule has 1 aromatic rings. The number of hydrogen-bond acceptors (Lipinski definition) is 5. The molecule has 0 bridgehead atoms. The number of hydrogen-bond donors (Lipinski definition) is 2. The molecule has 2 aliphatic rings. The number of carbonyl (C=O) groups is 3. The van der Waals surface area contributed by atoms with Crippen LogP contribution in [0.15, 0.2) is 18.2 Å². The summed E-state index contributed by atoms with van der Waals surface area (Å²) < 4.78 is 10.6. The Kier molecular flexibility index (Phi) is 4.29. The van der Waals surface area contributed by atoms with Gasteiger partial charge in [-0.3, -0.25) is 14.5 Å². The molecule has 2 heterocycles. The Morgan fingerprint density at radius 3 is 2.69 bits per heavy atom. The highest BCUT2D eigenvalue weighted by Gasteiger charge is 2.50. The van der Waals surface area contributed by atoms with E-state index in [2.05, 4.69) is 10.6 Å². The minimum Gasteiger partial charge on any atom is -0.454 e. The zero-order valence-electron chi connectivity index (χ0n) is 15.3. The van der Waals surface area contributed by atoms with Crippen LogP contribution in [0, 0.1) is 0 Å². The van der Waals surface area contributed by atoms with Crippen LogP contribution in [0.4, 0.5) is 4.79 Å². The molecule has 0 aliphatic carbocycles. The molecular formula is C18H23N3O5. The predicted molar refractivity (Wildman–Crippen MR) is 92.7 cm³/mol. The lowest BCUT2D eigenvalue weighted by Crippen LogP contribution is -2.49. The van der Waals surface area contributed by atoms with Gasteiger partial charge in [0.2, 0.25) is 12.7 Å². The number of rotatable bonds is 5. The van der Waals surface area contributed by atoms with Crippen molar-refractivity contribution in [3.63, 3.8) is 0 Å². The van der Waals surface area contributed by atoms with Gasteiger partial charge in [-0.1, -0.05) is 13.0 Å². The van der Waals surface area contributed by atoms with Crippen LogP contribution in [0.1, 0.15) is 39.7 Å². The summed E-state index contributed by atoms with van der Waals surface area (Å²) in [6.45, 7) is 7.12. The van der Waals surface area contributed by atoms with Crippen LogP contribution in [0.3, 0.4) is 0 Å². The molecule has 1 atom stereocenters. The average molecular weight is 361 g/mol. The van der Waals surface area contributed by atoms with E-state index in [1.807, 2.05) is 20.8 Å². The molecule has 8 heteroatoms. The smallest absolute Gasteiger partial charge is 0.325 e. The van der Waals surface area contributed by atoms with Gasteiger partial charge in [0.15, 0.2) is 11.5 Å². The van der Waals surface area contributed by atoms with E-state index in [9.17, 15) is 14.4 Å². The van der Waals surface area contributed by atoms with Crippen molar-refractivity contribution < 1.29 is 23.9 Å². The van der Waals surface area contributed by atoms with E-state index in [-0.39, 0.29) is 19.2 Å². The summed E-state index contributed by atoms with van der Waals surface area (Å²) in [5, 5.41) is 5.51. The number of fused-ring (bicyclic) bond motifs is 1. The van der Waals surface area contributed by atoms with E-state index in [1.54, 1.807) is 25.1 Å². The largest absolute Gasteiger partial charge is 0.454 e. The zero-order valence-corrected chi connectivity index (χ0v) is 15.3. The van der Waals surface area contributed by atoms with E-state index in [0.717, 1.165) is 11.3 Å². The van der Waals surface area contributed by atoms with Gasteiger partial charge >= 0.3 is 6.03 Å². The molecule has 8 nitrogen and oxygen atoms in total. The Balaban J connectivity index is 1.79. The summed E-state index contributed by atoms with van der Waals surface area (Å²) in [7, 11) is 0. The van der Waals surface area contributed by atoms with Crippen LogP contribution in [-0.4, -0.2) is 41.6 Å². The number of nitrogens with one attached hydrogen (secondary N) is 2. The molecule has 0 saturated carbocycles. The minimum atomic E-state index is -1.27. The molecule has 4 amide bonds. The SMILES string of the molecule is CCC(C)(C)NC(=O)CN1C(=O)NC(C)(c2ccc3c(c2)OCO3)C1=O. The number of ether oxygens (including phenoxy) is 2. The standard InChI is InChI=1S/C18H23N3O5/c1-5-17(2,3)19-14(22)9-21-15(23)18(4,20-16(21)24)11-6-7-12-13(8-11)26-10-25-12/h6-8H,5,9-10H2,1-4H3,(H,19,22)(H,20,24). The van der Waals surface area contributed by atoms with Gasteiger partial charge in [0.25, 0.3) is 5.91 Å². The van der Waals surface area contributed by atoms with Gasteiger partial charge in [-0.05, 0) is 44.9 Å². The summed E-state index contributed by atoms with van der Waals surface area (Å²) in [6.07, 6.45) is 0.730. The number of urea groups is 1. The number of amides is 4. The number of imide groups is 1. The van der Waals surface area contributed by atoms with Crippen molar-refractivity contribution in [2.45, 2.75) is 45.2 Å². The molecule has 0 radical (unpaired) electrons. The summed E-state index contributed by atoms with van der Waals surface area (Å²) >= 11 is 0. The van der Waals surface area contributed by atoms with Gasteiger partial charge in [-0.25, -0.2) is 4.79 Å². The van der Waals surface area contributed by atoms with Gasteiger partial charge in [-0.2, -0.15) is 0 Å². The van der Waals surface area contributed by atoms with E-state index in [1.165, 1.54) is 0 Å². The summed E-state index contributed by atoms with van der Waals surface area (Å²) in [4.78, 5) is 38.4. The van der Waals surface area contributed by atoms with E-state index in [4.69, 9.17) is 9.47 Å². The Morgan fingerprint density at radius 1 is 1.31 bits per heavy atom. The number of nitrogens with zero attached hydrogens (tertiary/aromatic N) is 1. The first-order valence-corrected chi connectivity index (χ1v) is 8.51. The molecular weight excluding hydrogens is 338 g/mol. The minimum absolute atomic E-state index is 0.120. The predicted octanol–water partition coefficient (Wildman–Crippen LogP) is 1.49. The maximum Gasteiger partial charge on any atom is 0.325 e. The van der Waals surface area contributed by atoms with Gasteiger partial charge in [0.05, 0.1) is 0 Å². The van der Waals surface area contributed by atoms with Gasteiger partial charge in [0.1, 0.15) is 12.1 Å². The average Bonchev–Trinajstić information content (AvgIpc) is 3.13. The second kappa shape index (κ2) is 6.19. The molecule has 0 aromatic heterocycles. The molecule has 1 fully saturated rings. The molecule has 2 N–H and O–H groups in total. The van der Waals surface area contributed by atoms with E-state index < -0.39 is 23.0 Å². The van der Waals surface area contributed by atoms with Crippen molar-refractivity contribution in [2.24, 2.45) is 0 Å². The Hall–Kier alpha value is -2.77. The van der Waals surface area contributed by atoms with Crippen molar-refractivity contribution in [3.05, 3.63) is 23.8 Å².